The Balaban J connectivity index is 2.53. The van der Waals surface area contributed by atoms with Gasteiger partial charge in [-0.2, -0.15) is 4.89 Å². The molecule has 1 amide bonds. The van der Waals surface area contributed by atoms with Crippen LogP contribution in [0.4, 0.5) is 4.79 Å². The van der Waals surface area contributed by atoms with E-state index in [1.54, 1.807) is 6.92 Å². The molecule has 1 saturated heterocycles. The molecule has 0 aliphatic carbocycles. The minimum atomic E-state index is -0.811. The number of carbonyl (C=O) groups is 2. The molecule has 0 radical (unpaired) electrons. The summed E-state index contributed by atoms with van der Waals surface area (Å²) in [5, 5.41) is 0. The summed E-state index contributed by atoms with van der Waals surface area (Å²) in [6, 6.07) is 0. The second-order valence-electron chi connectivity index (χ2n) is 7.49. The molecular formula is C17H31NO5. The van der Waals surface area contributed by atoms with Gasteiger partial charge in [-0.25, -0.2) is 4.79 Å². The van der Waals surface area contributed by atoms with Gasteiger partial charge in [0, 0.05) is 30.8 Å². The lowest BCUT2D eigenvalue weighted by Gasteiger charge is -2.54. The summed E-state index contributed by atoms with van der Waals surface area (Å²) in [6.07, 6.45) is 2.98. The zero-order valence-corrected chi connectivity index (χ0v) is 15.3. The Kier molecular flexibility index (Phi) is 6.86. The standard InChI is InChI=1S/C17H31NO5/c1-7-8-9-10-21-23-15(20)22-14-11-16(3,4)18(13(2)19)17(5,6)12-14/h14H,7-12H2,1-6H3. The average Bonchev–Trinajstić information content (AvgIpc) is 2.34. The van der Waals surface area contributed by atoms with Crippen LogP contribution in [0, 0.1) is 0 Å². The highest BCUT2D eigenvalue weighted by atomic mass is 17.2. The number of likely N-dealkylation sites (tertiary alicyclic amines) is 1. The molecule has 0 aromatic rings. The quantitative estimate of drug-likeness (QED) is 0.321. The van der Waals surface area contributed by atoms with Crippen LogP contribution in [-0.2, 0) is 19.3 Å². The number of unbranched alkanes of at least 4 members (excludes halogenated alkanes) is 2. The van der Waals surface area contributed by atoms with Crippen molar-refractivity contribution in [1.29, 1.82) is 0 Å². The molecule has 0 spiro atoms. The molecule has 23 heavy (non-hydrogen) atoms. The van der Waals surface area contributed by atoms with Crippen molar-refractivity contribution in [1.82, 2.24) is 4.90 Å². The lowest BCUT2D eigenvalue weighted by Crippen LogP contribution is -2.63. The zero-order valence-electron chi connectivity index (χ0n) is 15.3. The Hall–Kier alpha value is -1.30. The number of carbonyl (C=O) groups excluding carboxylic acids is 2. The second kappa shape index (κ2) is 7.99. The van der Waals surface area contributed by atoms with Gasteiger partial charge in [0.2, 0.25) is 5.91 Å². The molecule has 1 fully saturated rings. The van der Waals surface area contributed by atoms with E-state index >= 15 is 0 Å². The molecule has 1 aliphatic rings. The van der Waals surface area contributed by atoms with Crippen LogP contribution in [0.15, 0.2) is 0 Å². The summed E-state index contributed by atoms with van der Waals surface area (Å²) in [5.74, 6) is 0.0280. The molecule has 0 unspecified atom stereocenters. The SMILES string of the molecule is CCCCCOOC(=O)OC1CC(C)(C)N(C(C)=O)C(C)(C)C1. The minimum absolute atomic E-state index is 0.0280. The van der Waals surface area contributed by atoms with Crippen molar-refractivity contribution in [2.75, 3.05) is 6.61 Å². The van der Waals surface area contributed by atoms with E-state index in [9.17, 15) is 9.59 Å². The number of nitrogens with zero attached hydrogens (tertiary/aromatic N) is 1. The Bertz CT molecular complexity index is 401. The molecule has 1 rings (SSSR count). The smallest absolute Gasteiger partial charge is 0.429 e. The Morgan fingerprint density at radius 1 is 1.09 bits per heavy atom. The molecule has 0 aromatic heterocycles. The third-order valence-corrected chi connectivity index (χ3v) is 4.20. The topological polar surface area (TPSA) is 65.1 Å². The number of rotatable bonds is 6. The summed E-state index contributed by atoms with van der Waals surface area (Å²) >= 11 is 0. The third-order valence-electron chi connectivity index (χ3n) is 4.20. The maximum absolute atomic E-state index is 12.0. The molecule has 0 saturated carbocycles. The molecule has 1 aliphatic heterocycles. The minimum Gasteiger partial charge on any atom is -0.429 e. The maximum atomic E-state index is 12.0. The summed E-state index contributed by atoms with van der Waals surface area (Å²) in [6.45, 7) is 12.0. The van der Waals surface area contributed by atoms with E-state index < -0.39 is 6.16 Å². The van der Waals surface area contributed by atoms with Crippen LogP contribution in [-0.4, -0.2) is 40.8 Å². The molecule has 6 nitrogen and oxygen atoms in total. The first-order chi connectivity index (χ1) is 10.6. The van der Waals surface area contributed by atoms with Crippen molar-refractivity contribution in [3.05, 3.63) is 0 Å². The van der Waals surface area contributed by atoms with Gasteiger partial charge in [0.1, 0.15) is 6.10 Å². The zero-order chi connectivity index (χ0) is 17.7. The largest absolute Gasteiger partial charge is 0.540 e. The van der Waals surface area contributed by atoms with Crippen LogP contribution in [0.25, 0.3) is 0 Å². The normalized spacial score (nSPS) is 20.2. The van der Waals surface area contributed by atoms with Gasteiger partial charge in [0.15, 0.2) is 0 Å². The number of ether oxygens (including phenoxy) is 1. The average molecular weight is 329 g/mol. The van der Waals surface area contributed by atoms with E-state index in [-0.39, 0.29) is 23.1 Å². The molecule has 1 heterocycles. The van der Waals surface area contributed by atoms with E-state index in [0.29, 0.717) is 19.4 Å². The first-order valence-corrected chi connectivity index (χ1v) is 8.41. The summed E-state index contributed by atoms with van der Waals surface area (Å²) in [5.41, 5.74) is -0.777. The molecule has 0 atom stereocenters. The predicted octanol–water partition coefficient (Wildman–Crippen LogP) is 3.83. The van der Waals surface area contributed by atoms with Gasteiger partial charge in [-0.15, -0.1) is 0 Å². The van der Waals surface area contributed by atoms with Crippen LogP contribution in [0.1, 0.15) is 73.6 Å². The van der Waals surface area contributed by atoms with Gasteiger partial charge in [-0.05, 0) is 34.1 Å². The molecule has 0 N–H and O–H groups in total. The van der Waals surface area contributed by atoms with Crippen molar-refractivity contribution in [2.24, 2.45) is 0 Å². The fourth-order valence-corrected chi connectivity index (χ4v) is 3.78. The number of amides is 1. The van der Waals surface area contributed by atoms with Gasteiger partial charge < -0.3 is 9.64 Å². The predicted molar refractivity (Wildman–Crippen MR) is 86.7 cm³/mol. The van der Waals surface area contributed by atoms with Crippen LogP contribution in [0.2, 0.25) is 0 Å². The lowest BCUT2D eigenvalue weighted by molar-refractivity contribution is -0.260. The van der Waals surface area contributed by atoms with Crippen LogP contribution in [0.5, 0.6) is 0 Å². The number of hydrogen-bond acceptors (Lipinski definition) is 5. The van der Waals surface area contributed by atoms with Crippen LogP contribution >= 0.6 is 0 Å². The second-order valence-corrected chi connectivity index (χ2v) is 7.49. The molecule has 134 valence electrons. The van der Waals surface area contributed by atoms with E-state index in [1.807, 2.05) is 32.6 Å². The van der Waals surface area contributed by atoms with Crippen molar-refractivity contribution in [2.45, 2.75) is 90.8 Å². The Morgan fingerprint density at radius 3 is 2.13 bits per heavy atom. The van der Waals surface area contributed by atoms with Gasteiger partial charge in [0.25, 0.3) is 0 Å². The van der Waals surface area contributed by atoms with Crippen molar-refractivity contribution < 1.29 is 24.1 Å². The molecule has 0 aromatic carbocycles. The van der Waals surface area contributed by atoms with E-state index in [1.165, 1.54) is 0 Å². The number of piperidine rings is 1. The Labute approximate surface area is 139 Å². The third kappa shape index (κ3) is 5.68. The van der Waals surface area contributed by atoms with E-state index in [2.05, 4.69) is 11.8 Å². The van der Waals surface area contributed by atoms with E-state index in [0.717, 1.165) is 19.3 Å². The first kappa shape index (κ1) is 19.7. The Morgan fingerprint density at radius 2 is 1.65 bits per heavy atom. The van der Waals surface area contributed by atoms with E-state index in [4.69, 9.17) is 9.62 Å². The van der Waals surface area contributed by atoms with Gasteiger partial charge in [-0.1, -0.05) is 19.8 Å². The van der Waals surface area contributed by atoms with Gasteiger partial charge >= 0.3 is 6.16 Å². The summed E-state index contributed by atoms with van der Waals surface area (Å²) in [7, 11) is 0. The molecule has 0 bridgehead atoms. The van der Waals surface area contributed by atoms with Gasteiger partial charge in [-0.3, -0.25) is 9.68 Å². The maximum Gasteiger partial charge on any atom is 0.540 e. The monoisotopic (exact) mass is 329 g/mol. The van der Waals surface area contributed by atoms with Crippen molar-refractivity contribution >= 4 is 12.1 Å². The highest BCUT2D eigenvalue weighted by Crippen LogP contribution is 2.39. The number of hydrogen-bond donors (Lipinski definition) is 0. The molecular weight excluding hydrogens is 298 g/mol. The fraction of sp³-hybridized carbons (Fsp3) is 0.882. The van der Waals surface area contributed by atoms with Crippen LogP contribution < -0.4 is 0 Å². The van der Waals surface area contributed by atoms with Crippen LogP contribution in [0.3, 0.4) is 0 Å². The van der Waals surface area contributed by atoms with Crippen molar-refractivity contribution in [3.63, 3.8) is 0 Å². The highest BCUT2D eigenvalue weighted by molar-refractivity contribution is 5.75. The molecule has 6 heteroatoms. The van der Waals surface area contributed by atoms with Crippen molar-refractivity contribution in [3.8, 4) is 0 Å². The highest BCUT2D eigenvalue weighted by Gasteiger charge is 2.48. The first-order valence-electron chi connectivity index (χ1n) is 8.41. The lowest BCUT2D eigenvalue weighted by atomic mass is 9.78. The summed E-state index contributed by atoms with van der Waals surface area (Å²) < 4.78 is 5.37. The summed E-state index contributed by atoms with van der Waals surface area (Å²) in [4.78, 5) is 35.1. The van der Waals surface area contributed by atoms with Gasteiger partial charge in [0.05, 0.1) is 6.61 Å². The fourth-order valence-electron chi connectivity index (χ4n) is 3.78.